The van der Waals surface area contributed by atoms with Crippen LogP contribution in [-0.4, -0.2) is 17.8 Å². The van der Waals surface area contributed by atoms with Crippen LogP contribution in [0, 0.1) is 6.92 Å². The van der Waals surface area contributed by atoms with E-state index in [2.05, 4.69) is 5.32 Å². The Morgan fingerprint density at radius 2 is 2.05 bits per heavy atom. The Hall–Kier alpha value is -1.00. The first-order chi connectivity index (χ1) is 9.06. The highest BCUT2D eigenvalue weighted by Gasteiger charge is 2.06. The zero-order chi connectivity index (χ0) is 13.8. The number of aliphatic hydroxyl groups is 1. The Morgan fingerprint density at radius 1 is 1.30 bits per heavy atom. The summed E-state index contributed by atoms with van der Waals surface area (Å²) in [5, 5.41) is 13.0. The Morgan fingerprint density at radius 3 is 2.70 bits per heavy atom. The van der Waals surface area contributed by atoms with Gasteiger partial charge in [-0.15, -0.1) is 0 Å². The number of rotatable bonds is 5. The first-order valence-electron chi connectivity index (χ1n) is 6.30. The summed E-state index contributed by atoms with van der Waals surface area (Å²) in [6.07, 6.45) is -0.356. The van der Waals surface area contributed by atoms with Crippen molar-refractivity contribution in [3.05, 3.63) is 46.7 Å². The van der Waals surface area contributed by atoms with E-state index in [1.165, 1.54) is 0 Å². The van der Waals surface area contributed by atoms with Gasteiger partial charge in [0.15, 0.2) is 0 Å². The van der Waals surface area contributed by atoms with Crippen molar-refractivity contribution in [2.75, 3.05) is 6.54 Å². The highest BCUT2D eigenvalue weighted by molar-refractivity contribution is 6.31. The Labute approximate surface area is 130 Å². The number of hydrogen-bond acceptors (Lipinski definition) is 3. The molecule has 0 bridgehead atoms. The van der Waals surface area contributed by atoms with Crippen LogP contribution in [0.4, 0.5) is 0 Å². The van der Waals surface area contributed by atoms with E-state index in [1.54, 1.807) is 6.92 Å². The lowest BCUT2D eigenvalue weighted by Gasteiger charge is -2.04. The SMILES string of the molecule is Cc1ccc(-c2ccc(CNCC(C)O)o2)cc1Cl.[Cl-]. The van der Waals surface area contributed by atoms with Crippen LogP contribution < -0.4 is 17.7 Å². The Kier molecular flexibility index (Phi) is 6.56. The van der Waals surface area contributed by atoms with E-state index < -0.39 is 0 Å². The van der Waals surface area contributed by atoms with Gasteiger partial charge in [-0.25, -0.2) is 0 Å². The quantitative estimate of drug-likeness (QED) is 0.839. The lowest BCUT2D eigenvalue weighted by molar-refractivity contribution is -0.00000674. The molecule has 0 amide bonds. The minimum absolute atomic E-state index is 0. The fraction of sp³-hybridized carbons (Fsp3) is 0.333. The van der Waals surface area contributed by atoms with Crippen molar-refractivity contribution >= 4 is 11.6 Å². The molecule has 0 aliphatic carbocycles. The topological polar surface area (TPSA) is 45.4 Å². The first kappa shape index (κ1) is 17.1. The molecular weight excluding hydrogens is 297 g/mol. The summed E-state index contributed by atoms with van der Waals surface area (Å²) < 4.78 is 5.74. The van der Waals surface area contributed by atoms with E-state index in [4.69, 9.17) is 21.1 Å². The fourth-order valence-electron chi connectivity index (χ4n) is 1.78. The van der Waals surface area contributed by atoms with Crippen molar-refractivity contribution < 1.29 is 21.9 Å². The number of furan rings is 1. The van der Waals surface area contributed by atoms with E-state index >= 15 is 0 Å². The lowest BCUT2D eigenvalue weighted by atomic mass is 10.1. The van der Waals surface area contributed by atoms with Crippen molar-refractivity contribution in [2.24, 2.45) is 0 Å². The van der Waals surface area contributed by atoms with Crippen molar-refractivity contribution in [1.29, 1.82) is 0 Å². The van der Waals surface area contributed by atoms with E-state index in [0.717, 1.165) is 27.7 Å². The summed E-state index contributed by atoms with van der Waals surface area (Å²) >= 11 is 6.11. The average Bonchev–Trinajstić information content (AvgIpc) is 2.81. The van der Waals surface area contributed by atoms with E-state index in [-0.39, 0.29) is 18.5 Å². The zero-order valence-corrected chi connectivity index (χ0v) is 13.0. The van der Waals surface area contributed by atoms with Crippen LogP contribution in [0.5, 0.6) is 0 Å². The molecular formula is C15H18Cl2NO2-. The van der Waals surface area contributed by atoms with Crippen LogP contribution in [0.2, 0.25) is 5.02 Å². The first-order valence-corrected chi connectivity index (χ1v) is 6.68. The molecule has 1 aromatic heterocycles. The molecule has 0 radical (unpaired) electrons. The molecule has 5 heteroatoms. The summed E-state index contributed by atoms with van der Waals surface area (Å²) in [7, 11) is 0. The molecule has 2 N–H and O–H groups in total. The van der Waals surface area contributed by atoms with Crippen molar-refractivity contribution in [1.82, 2.24) is 5.32 Å². The average molecular weight is 315 g/mol. The monoisotopic (exact) mass is 314 g/mol. The van der Waals surface area contributed by atoms with Gasteiger partial charge in [0, 0.05) is 17.1 Å². The summed E-state index contributed by atoms with van der Waals surface area (Å²) in [5.74, 6) is 1.64. The standard InChI is InChI=1S/C15H18ClNO2.ClH/c1-10-3-4-12(7-14(10)16)15-6-5-13(19-15)9-17-8-11(2)18;/h3-7,11,17-18H,8-9H2,1-2H3;1H/p-1. The molecule has 110 valence electrons. The van der Waals surface area contributed by atoms with Gasteiger partial charge in [0.1, 0.15) is 11.5 Å². The van der Waals surface area contributed by atoms with Crippen LogP contribution >= 0.6 is 11.6 Å². The molecule has 2 rings (SSSR count). The van der Waals surface area contributed by atoms with Crippen LogP contribution in [-0.2, 0) is 6.54 Å². The second-order valence-electron chi connectivity index (χ2n) is 4.71. The van der Waals surface area contributed by atoms with Crippen LogP contribution in [0.15, 0.2) is 34.7 Å². The number of aliphatic hydroxyl groups excluding tert-OH is 1. The highest BCUT2D eigenvalue weighted by atomic mass is 35.5. The molecule has 0 saturated heterocycles. The largest absolute Gasteiger partial charge is 1.00 e. The number of halogens is 2. The van der Waals surface area contributed by atoms with Gasteiger partial charge in [0.25, 0.3) is 0 Å². The van der Waals surface area contributed by atoms with Gasteiger partial charge in [0.2, 0.25) is 0 Å². The minimum Gasteiger partial charge on any atom is -1.00 e. The van der Waals surface area contributed by atoms with Crippen molar-refractivity contribution in [2.45, 2.75) is 26.5 Å². The molecule has 2 aromatic rings. The second kappa shape index (κ2) is 7.70. The molecule has 0 fully saturated rings. The molecule has 0 aliphatic heterocycles. The maximum Gasteiger partial charge on any atom is 0.134 e. The van der Waals surface area contributed by atoms with Crippen LogP contribution in [0.3, 0.4) is 0 Å². The molecule has 1 atom stereocenters. The van der Waals surface area contributed by atoms with Crippen LogP contribution in [0.25, 0.3) is 11.3 Å². The van der Waals surface area contributed by atoms with Gasteiger partial charge >= 0.3 is 0 Å². The number of benzene rings is 1. The van der Waals surface area contributed by atoms with Gasteiger partial charge in [-0.2, -0.15) is 0 Å². The van der Waals surface area contributed by atoms with Gasteiger partial charge < -0.3 is 27.2 Å². The molecule has 1 aromatic carbocycles. The maximum atomic E-state index is 9.16. The number of aryl methyl sites for hydroxylation is 1. The van der Waals surface area contributed by atoms with E-state index in [0.29, 0.717) is 13.1 Å². The van der Waals surface area contributed by atoms with Gasteiger partial charge in [0.05, 0.1) is 12.6 Å². The smallest absolute Gasteiger partial charge is 0.134 e. The molecule has 1 heterocycles. The summed E-state index contributed by atoms with van der Waals surface area (Å²) in [6.45, 7) is 4.87. The minimum atomic E-state index is -0.356. The molecule has 3 nitrogen and oxygen atoms in total. The third-order valence-corrected chi connectivity index (χ3v) is 3.26. The molecule has 0 aliphatic rings. The van der Waals surface area contributed by atoms with E-state index in [9.17, 15) is 0 Å². The predicted molar refractivity (Wildman–Crippen MR) is 77.3 cm³/mol. The van der Waals surface area contributed by atoms with Gasteiger partial charge in [-0.3, -0.25) is 0 Å². The number of nitrogens with one attached hydrogen (secondary N) is 1. The maximum absolute atomic E-state index is 9.16. The normalized spacial score (nSPS) is 12.0. The van der Waals surface area contributed by atoms with Gasteiger partial charge in [-0.05, 0) is 37.6 Å². The third-order valence-electron chi connectivity index (χ3n) is 2.86. The molecule has 20 heavy (non-hydrogen) atoms. The number of hydrogen-bond donors (Lipinski definition) is 2. The Bertz CT molecular complexity index is 553. The lowest BCUT2D eigenvalue weighted by Crippen LogP contribution is -3.00. The summed E-state index contributed by atoms with van der Waals surface area (Å²) in [6, 6.07) is 9.74. The van der Waals surface area contributed by atoms with Crippen molar-refractivity contribution in [3.63, 3.8) is 0 Å². The molecule has 0 spiro atoms. The highest BCUT2D eigenvalue weighted by Crippen LogP contribution is 2.26. The van der Waals surface area contributed by atoms with Crippen LogP contribution in [0.1, 0.15) is 18.2 Å². The van der Waals surface area contributed by atoms with E-state index in [1.807, 2.05) is 37.3 Å². The predicted octanol–water partition coefficient (Wildman–Crippen LogP) is 0.383. The third kappa shape index (κ3) is 4.53. The second-order valence-corrected chi connectivity index (χ2v) is 5.12. The zero-order valence-electron chi connectivity index (χ0n) is 11.5. The summed E-state index contributed by atoms with van der Waals surface area (Å²) in [4.78, 5) is 0. The van der Waals surface area contributed by atoms with Gasteiger partial charge in [-0.1, -0.05) is 23.7 Å². The Balaban J connectivity index is 0.00000200. The summed E-state index contributed by atoms with van der Waals surface area (Å²) in [5.41, 5.74) is 2.02. The molecule has 0 saturated carbocycles. The molecule has 1 unspecified atom stereocenters. The fourth-order valence-corrected chi connectivity index (χ4v) is 1.96. The van der Waals surface area contributed by atoms with Crippen molar-refractivity contribution in [3.8, 4) is 11.3 Å².